The number of carbonyl (C=O) groups excluding carboxylic acids is 1. The summed E-state index contributed by atoms with van der Waals surface area (Å²) in [5.41, 5.74) is 3.25. The van der Waals surface area contributed by atoms with Crippen LogP contribution in [0.2, 0.25) is 0 Å². The van der Waals surface area contributed by atoms with E-state index in [-0.39, 0.29) is 12.1 Å². The zero-order valence-corrected chi connectivity index (χ0v) is 11.3. The summed E-state index contributed by atoms with van der Waals surface area (Å²) in [6.45, 7) is 1.89. The summed E-state index contributed by atoms with van der Waals surface area (Å²) >= 11 is 0. The Labute approximate surface area is 117 Å². The minimum Gasteiger partial charge on any atom is -0.335 e. The van der Waals surface area contributed by atoms with Crippen molar-refractivity contribution in [3.8, 4) is 0 Å². The first-order chi connectivity index (χ1) is 9.70. The summed E-state index contributed by atoms with van der Waals surface area (Å²) in [5, 5.41) is 12.8. The average Bonchev–Trinajstić information content (AvgIpc) is 2.86. The third kappa shape index (κ3) is 2.79. The van der Waals surface area contributed by atoms with Crippen LogP contribution in [0.3, 0.4) is 0 Å². The molecule has 0 saturated heterocycles. The molecular formula is C14H17N5O. The highest BCUT2D eigenvalue weighted by molar-refractivity contribution is 5.88. The fourth-order valence-electron chi connectivity index (χ4n) is 2.49. The van der Waals surface area contributed by atoms with Gasteiger partial charge in [0.05, 0.1) is 6.20 Å². The molecular weight excluding hydrogens is 254 g/mol. The minimum atomic E-state index is -0.208. The maximum absolute atomic E-state index is 12.0. The number of hydrogen-bond donors (Lipinski definition) is 3. The van der Waals surface area contributed by atoms with Gasteiger partial charge in [0.2, 0.25) is 0 Å². The molecule has 1 atom stereocenters. The molecule has 2 aromatic heterocycles. The first-order valence-corrected chi connectivity index (χ1v) is 6.73. The van der Waals surface area contributed by atoms with Crippen LogP contribution in [0, 0.1) is 6.92 Å². The Bertz CT molecular complexity index is 622. The van der Waals surface area contributed by atoms with Crippen LogP contribution in [-0.4, -0.2) is 27.3 Å². The number of amides is 2. The van der Waals surface area contributed by atoms with E-state index < -0.39 is 0 Å². The van der Waals surface area contributed by atoms with Gasteiger partial charge in [-0.15, -0.1) is 0 Å². The number of nitrogens with zero attached hydrogens (tertiary/aromatic N) is 2. The highest BCUT2D eigenvalue weighted by atomic mass is 16.2. The van der Waals surface area contributed by atoms with Gasteiger partial charge in [0.1, 0.15) is 5.82 Å². The van der Waals surface area contributed by atoms with Crippen molar-refractivity contribution in [3.05, 3.63) is 41.3 Å². The number of H-pyrrole nitrogens is 1. The predicted octanol–water partition coefficient (Wildman–Crippen LogP) is 1.79. The lowest BCUT2D eigenvalue weighted by Gasteiger charge is -2.22. The van der Waals surface area contributed by atoms with Crippen molar-refractivity contribution in [2.75, 3.05) is 5.32 Å². The van der Waals surface area contributed by atoms with E-state index in [1.54, 1.807) is 6.07 Å². The smallest absolute Gasteiger partial charge is 0.320 e. The lowest BCUT2D eigenvalue weighted by Crippen LogP contribution is -2.41. The molecule has 0 aromatic carbocycles. The third-order valence-corrected chi connectivity index (χ3v) is 3.48. The van der Waals surface area contributed by atoms with Crippen molar-refractivity contribution in [2.24, 2.45) is 0 Å². The van der Waals surface area contributed by atoms with Crippen LogP contribution in [0.4, 0.5) is 10.6 Å². The van der Waals surface area contributed by atoms with E-state index in [9.17, 15) is 4.79 Å². The molecule has 6 heteroatoms. The molecule has 0 bridgehead atoms. The number of rotatable bonds is 2. The van der Waals surface area contributed by atoms with Gasteiger partial charge >= 0.3 is 6.03 Å². The van der Waals surface area contributed by atoms with Gasteiger partial charge in [0.25, 0.3) is 0 Å². The zero-order chi connectivity index (χ0) is 13.9. The second-order valence-electron chi connectivity index (χ2n) is 5.08. The molecule has 20 heavy (non-hydrogen) atoms. The fraction of sp³-hybridized carbons (Fsp3) is 0.357. The Morgan fingerprint density at radius 3 is 3.20 bits per heavy atom. The lowest BCUT2D eigenvalue weighted by atomic mass is 9.94. The molecule has 0 spiro atoms. The maximum Gasteiger partial charge on any atom is 0.320 e. The zero-order valence-electron chi connectivity index (χ0n) is 11.3. The molecule has 2 aromatic rings. The number of hydrogen-bond acceptors (Lipinski definition) is 3. The van der Waals surface area contributed by atoms with E-state index in [0.717, 1.165) is 25.0 Å². The van der Waals surface area contributed by atoms with E-state index in [1.807, 2.05) is 25.3 Å². The number of pyridine rings is 1. The van der Waals surface area contributed by atoms with Gasteiger partial charge < -0.3 is 5.32 Å². The van der Waals surface area contributed by atoms with E-state index >= 15 is 0 Å². The van der Waals surface area contributed by atoms with Crippen molar-refractivity contribution >= 4 is 11.8 Å². The number of aryl methyl sites for hydroxylation is 2. The van der Waals surface area contributed by atoms with Gasteiger partial charge in [-0.05, 0) is 43.9 Å². The Kier molecular flexibility index (Phi) is 3.37. The summed E-state index contributed by atoms with van der Waals surface area (Å²) in [5.74, 6) is 0.572. The average molecular weight is 271 g/mol. The molecule has 3 rings (SSSR count). The predicted molar refractivity (Wildman–Crippen MR) is 75.5 cm³/mol. The molecule has 2 amide bonds. The number of nitrogens with one attached hydrogen (secondary N) is 3. The monoisotopic (exact) mass is 271 g/mol. The largest absolute Gasteiger partial charge is 0.335 e. The summed E-state index contributed by atoms with van der Waals surface area (Å²) in [6, 6.07) is 5.48. The van der Waals surface area contributed by atoms with E-state index in [0.29, 0.717) is 5.82 Å². The second-order valence-corrected chi connectivity index (χ2v) is 5.08. The number of anilines is 1. The summed E-state index contributed by atoms with van der Waals surface area (Å²) in [6.07, 6.45) is 4.50. The van der Waals surface area contributed by atoms with Gasteiger partial charge in [-0.25, -0.2) is 9.78 Å². The Balaban J connectivity index is 1.57. The lowest BCUT2D eigenvalue weighted by molar-refractivity contribution is 0.247. The first-order valence-electron chi connectivity index (χ1n) is 6.73. The van der Waals surface area contributed by atoms with Crippen molar-refractivity contribution in [3.63, 3.8) is 0 Å². The van der Waals surface area contributed by atoms with Gasteiger partial charge in [-0.3, -0.25) is 10.4 Å². The van der Waals surface area contributed by atoms with Crippen LogP contribution >= 0.6 is 0 Å². The third-order valence-electron chi connectivity index (χ3n) is 3.48. The number of aromatic nitrogens is 3. The van der Waals surface area contributed by atoms with Crippen LogP contribution in [-0.2, 0) is 12.8 Å². The topological polar surface area (TPSA) is 82.7 Å². The van der Waals surface area contributed by atoms with Crippen LogP contribution < -0.4 is 10.6 Å². The molecule has 104 valence electrons. The first kappa shape index (κ1) is 12.7. The van der Waals surface area contributed by atoms with Gasteiger partial charge in [0, 0.05) is 17.4 Å². The van der Waals surface area contributed by atoms with Gasteiger partial charge in [0.15, 0.2) is 0 Å². The molecule has 0 unspecified atom stereocenters. The number of carbonyl (C=O) groups is 1. The quantitative estimate of drug-likeness (QED) is 0.778. The van der Waals surface area contributed by atoms with Gasteiger partial charge in [-0.1, -0.05) is 6.07 Å². The van der Waals surface area contributed by atoms with Crippen molar-refractivity contribution in [1.29, 1.82) is 0 Å². The molecule has 2 heterocycles. The molecule has 1 aliphatic carbocycles. The minimum absolute atomic E-state index is 0.143. The number of aromatic amines is 1. The van der Waals surface area contributed by atoms with Gasteiger partial charge in [-0.2, -0.15) is 5.10 Å². The molecule has 6 nitrogen and oxygen atoms in total. The van der Waals surface area contributed by atoms with Crippen LogP contribution in [0.25, 0.3) is 0 Å². The summed E-state index contributed by atoms with van der Waals surface area (Å²) in [4.78, 5) is 16.2. The maximum atomic E-state index is 12.0. The summed E-state index contributed by atoms with van der Waals surface area (Å²) < 4.78 is 0. The molecule has 0 aliphatic heterocycles. The molecule has 0 fully saturated rings. The fourth-order valence-corrected chi connectivity index (χ4v) is 2.49. The van der Waals surface area contributed by atoms with Crippen molar-refractivity contribution < 1.29 is 4.79 Å². The standard InChI is InChI=1S/C14H17N5O/c1-9-3-2-4-13(16-9)18-14(20)17-11-5-6-12-10(7-11)8-15-19-12/h2-4,8,11H,5-7H2,1H3,(H,15,19)(H2,16,17,18,20)/t11-/m1/s1. The highest BCUT2D eigenvalue weighted by Gasteiger charge is 2.21. The number of urea groups is 1. The molecule has 0 radical (unpaired) electrons. The summed E-state index contributed by atoms with van der Waals surface area (Å²) in [7, 11) is 0. The van der Waals surface area contributed by atoms with E-state index in [2.05, 4.69) is 25.8 Å². The van der Waals surface area contributed by atoms with Crippen molar-refractivity contribution in [2.45, 2.75) is 32.2 Å². The van der Waals surface area contributed by atoms with E-state index in [1.165, 1.54) is 11.3 Å². The SMILES string of the molecule is Cc1cccc(NC(=O)N[C@@H]2CCc3[nH]ncc3C2)n1. The van der Waals surface area contributed by atoms with Crippen LogP contribution in [0.15, 0.2) is 24.4 Å². The normalized spacial score (nSPS) is 17.4. The Morgan fingerprint density at radius 1 is 1.45 bits per heavy atom. The molecule has 0 saturated carbocycles. The molecule has 1 aliphatic rings. The second kappa shape index (κ2) is 5.32. The highest BCUT2D eigenvalue weighted by Crippen LogP contribution is 2.18. The van der Waals surface area contributed by atoms with Crippen LogP contribution in [0.1, 0.15) is 23.4 Å². The molecule has 3 N–H and O–H groups in total. The Morgan fingerprint density at radius 2 is 2.35 bits per heavy atom. The van der Waals surface area contributed by atoms with E-state index in [4.69, 9.17) is 0 Å². The van der Waals surface area contributed by atoms with Crippen LogP contribution in [0.5, 0.6) is 0 Å². The van der Waals surface area contributed by atoms with Crippen molar-refractivity contribution in [1.82, 2.24) is 20.5 Å². The number of fused-ring (bicyclic) bond motifs is 1. The Hall–Kier alpha value is -2.37.